The molecule has 0 aliphatic carbocycles. The minimum atomic E-state index is -0.536. The van der Waals surface area contributed by atoms with E-state index in [9.17, 15) is 4.79 Å². The normalized spacial score (nSPS) is 12.3. The van der Waals surface area contributed by atoms with Crippen molar-refractivity contribution in [2.75, 3.05) is 12.3 Å². The molecule has 0 spiro atoms. The van der Waals surface area contributed by atoms with Crippen LogP contribution in [0.3, 0.4) is 0 Å². The third-order valence-corrected chi connectivity index (χ3v) is 3.70. The third-order valence-electron chi connectivity index (χ3n) is 2.64. The van der Waals surface area contributed by atoms with E-state index in [0.717, 1.165) is 21.8 Å². The Morgan fingerprint density at radius 3 is 2.65 bits per heavy atom. The molecule has 1 amide bonds. The Hall–Kier alpha value is -1.66. The molecule has 0 aliphatic rings. The molecule has 1 heterocycles. The zero-order chi connectivity index (χ0) is 14.5. The van der Waals surface area contributed by atoms with Crippen molar-refractivity contribution in [2.24, 2.45) is 0 Å². The molecule has 0 aliphatic heterocycles. The number of aryl methyl sites for hydroxylation is 1. The molecule has 0 bridgehead atoms. The van der Waals surface area contributed by atoms with Crippen molar-refractivity contribution < 1.29 is 9.90 Å². The van der Waals surface area contributed by atoms with E-state index in [1.165, 1.54) is 11.8 Å². The monoisotopic (exact) mass is 291 g/mol. The summed E-state index contributed by atoms with van der Waals surface area (Å²) in [6.45, 7) is 3.78. The number of nitrogens with one attached hydrogen (secondary N) is 1. The highest BCUT2D eigenvalue weighted by Gasteiger charge is 2.09. The molecule has 106 valence electrons. The molecule has 2 N–H and O–H groups in total. The molecular formula is C14H17N3O2S. The van der Waals surface area contributed by atoms with Crippen molar-refractivity contribution in [2.45, 2.75) is 25.0 Å². The Bertz CT molecular complexity index is 616. The zero-order valence-electron chi connectivity index (χ0n) is 11.5. The van der Waals surface area contributed by atoms with Crippen LogP contribution in [0, 0.1) is 6.92 Å². The Morgan fingerprint density at radius 2 is 2.00 bits per heavy atom. The van der Waals surface area contributed by atoms with Gasteiger partial charge in [-0.1, -0.05) is 23.9 Å². The van der Waals surface area contributed by atoms with E-state index in [4.69, 9.17) is 5.11 Å². The fraction of sp³-hybridized carbons (Fsp3) is 0.357. The van der Waals surface area contributed by atoms with Gasteiger partial charge in [-0.15, -0.1) is 0 Å². The van der Waals surface area contributed by atoms with Crippen LogP contribution in [0.1, 0.15) is 12.6 Å². The summed E-state index contributed by atoms with van der Waals surface area (Å²) in [5, 5.41) is 12.5. The smallest absolute Gasteiger partial charge is 0.230 e. The van der Waals surface area contributed by atoms with Crippen molar-refractivity contribution in [1.29, 1.82) is 0 Å². The predicted molar refractivity (Wildman–Crippen MR) is 79.7 cm³/mol. The van der Waals surface area contributed by atoms with E-state index in [1.54, 1.807) is 6.92 Å². The second-order valence-corrected chi connectivity index (χ2v) is 5.51. The molecule has 20 heavy (non-hydrogen) atoms. The lowest BCUT2D eigenvalue weighted by Gasteiger charge is -2.08. The highest BCUT2D eigenvalue weighted by molar-refractivity contribution is 7.99. The van der Waals surface area contributed by atoms with Gasteiger partial charge >= 0.3 is 0 Å². The van der Waals surface area contributed by atoms with Crippen LogP contribution in [0.4, 0.5) is 0 Å². The Balaban J connectivity index is 2.02. The number of rotatable bonds is 5. The van der Waals surface area contributed by atoms with Crippen LogP contribution in [0.15, 0.2) is 29.3 Å². The van der Waals surface area contributed by atoms with Gasteiger partial charge in [0.1, 0.15) is 5.03 Å². The maximum Gasteiger partial charge on any atom is 0.230 e. The third kappa shape index (κ3) is 3.91. The summed E-state index contributed by atoms with van der Waals surface area (Å²) in [7, 11) is 0. The number of amides is 1. The first kappa shape index (κ1) is 14.7. The van der Waals surface area contributed by atoms with Gasteiger partial charge in [-0.05, 0) is 26.0 Å². The number of para-hydroxylation sites is 2. The van der Waals surface area contributed by atoms with Gasteiger partial charge < -0.3 is 10.4 Å². The molecule has 1 aromatic carbocycles. The van der Waals surface area contributed by atoms with Gasteiger partial charge in [0.15, 0.2) is 0 Å². The standard InChI is InChI=1S/C14H17N3O2S/c1-9(18)7-15-13(19)8-20-14-10(2)16-11-5-3-4-6-12(11)17-14/h3-6,9,18H,7-8H2,1-2H3,(H,15,19). The van der Waals surface area contributed by atoms with Crippen LogP contribution in [-0.2, 0) is 4.79 Å². The van der Waals surface area contributed by atoms with Crippen molar-refractivity contribution in [3.05, 3.63) is 30.0 Å². The first-order valence-corrected chi connectivity index (χ1v) is 7.36. The molecule has 5 nitrogen and oxygen atoms in total. The zero-order valence-corrected chi connectivity index (χ0v) is 12.3. The number of benzene rings is 1. The molecular weight excluding hydrogens is 274 g/mol. The quantitative estimate of drug-likeness (QED) is 0.817. The minimum Gasteiger partial charge on any atom is -0.392 e. The molecule has 1 unspecified atom stereocenters. The van der Waals surface area contributed by atoms with E-state index in [0.29, 0.717) is 0 Å². The van der Waals surface area contributed by atoms with Crippen LogP contribution in [0.2, 0.25) is 0 Å². The second kappa shape index (κ2) is 6.67. The summed E-state index contributed by atoms with van der Waals surface area (Å²) in [5.41, 5.74) is 2.50. The number of aliphatic hydroxyl groups excluding tert-OH is 1. The van der Waals surface area contributed by atoms with Crippen molar-refractivity contribution in [1.82, 2.24) is 15.3 Å². The largest absolute Gasteiger partial charge is 0.392 e. The molecule has 1 aromatic heterocycles. The van der Waals surface area contributed by atoms with Gasteiger partial charge in [-0.25, -0.2) is 9.97 Å². The fourth-order valence-electron chi connectivity index (χ4n) is 1.66. The SMILES string of the molecule is Cc1nc2ccccc2nc1SCC(=O)NCC(C)O. The number of nitrogens with zero attached hydrogens (tertiary/aromatic N) is 2. The van der Waals surface area contributed by atoms with Crippen molar-refractivity contribution >= 4 is 28.7 Å². The number of carbonyl (C=O) groups is 1. The summed E-state index contributed by atoms with van der Waals surface area (Å²) >= 11 is 1.35. The minimum absolute atomic E-state index is 0.120. The average molecular weight is 291 g/mol. The summed E-state index contributed by atoms with van der Waals surface area (Å²) in [6, 6.07) is 7.65. The lowest BCUT2D eigenvalue weighted by molar-refractivity contribution is -0.118. The van der Waals surface area contributed by atoms with Gasteiger partial charge in [0.05, 0.1) is 28.6 Å². The van der Waals surface area contributed by atoms with Gasteiger partial charge in [0, 0.05) is 6.54 Å². The second-order valence-electron chi connectivity index (χ2n) is 4.54. The Labute approximate surface area is 121 Å². The molecule has 0 fully saturated rings. The van der Waals surface area contributed by atoms with Gasteiger partial charge in [0.2, 0.25) is 5.91 Å². The molecule has 6 heteroatoms. The maximum atomic E-state index is 11.6. The topological polar surface area (TPSA) is 75.1 Å². The Kier molecular flexibility index (Phi) is 4.92. The number of carbonyl (C=O) groups excluding carboxylic acids is 1. The number of thioether (sulfide) groups is 1. The van der Waals surface area contributed by atoms with Crippen LogP contribution in [0.25, 0.3) is 11.0 Å². The van der Waals surface area contributed by atoms with Crippen LogP contribution >= 0.6 is 11.8 Å². The number of fused-ring (bicyclic) bond motifs is 1. The molecule has 1 atom stereocenters. The molecule has 0 saturated carbocycles. The number of hydrogen-bond acceptors (Lipinski definition) is 5. The summed E-state index contributed by atoms with van der Waals surface area (Å²) in [5.74, 6) is 0.144. The van der Waals surface area contributed by atoms with Crippen molar-refractivity contribution in [3.63, 3.8) is 0 Å². The van der Waals surface area contributed by atoms with Gasteiger partial charge in [-0.2, -0.15) is 0 Å². The first-order chi connectivity index (χ1) is 9.56. The highest BCUT2D eigenvalue weighted by Crippen LogP contribution is 2.21. The highest BCUT2D eigenvalue weighted by atomic mass is 32.2. The van der Waals surface area contributed by atoms with E-state index < -0.39 is 6.10 Å². The van der Waals surface area contributed by atoms with Crippen molar-refractivity contribution in [3.8, 4) is 0 Å². The maximum absolute atomic E-state index is 11.6. The van der Waals surface area contributed by atoms with E-state index in [2.05, 4.69) is 15.3 Å². The van der Waals surface area contributed by atoms with Crippen LogP contribution in [-0.4, -0.2) is 39.4 Å². The Morgan fingerprint density at radius 1 is 1.35 bits per heavy atom. The number of hydrogen-bond donors (Lipinski definition) is 2. The van der Waals surface area contributed by atoms with Crippen LogP contribution in [0.5, 0.6) is 0 Å². The number of aliphatic hydroxyl groups is 1. The molecule has 0 radical (unpaired) electrons. The predicted octanol–water partition coefficient (Wildman–Crippen LogP) is 1.53. The van der Waals surface area contributed by atoms with Gasteiger partial charge in [-0.3, -0.25) is 4.79 Å². The molecule has 2 aromatic rings. The fourth-order valence-corrected chi connectivity index (χ4v) is 2.44. The lowest BCUT2D eigenvalue weighted by atomic mass is 10.3. The molecule has 2 rings (SSSR count). The summed E-state index contributed by atoms with van der Waals surface area (Å²) in [4.78, 5) is 20.6. The lowest BCUT2D eigenvalue weighted by Crippen LogP contribution is -2.31. The average Bonchev–Trinajstić information content (AvgIpc) is 2.42. The van der Waals surface area contributed by atoms with E-state index in [-0.39, 0.29) is 18.2 Å². The van der Waals surface area contributed by atoms with E-state index >= 15 is 0 Å². The molecule has 0 saturated heterocycles. The number of aromatic nitrogens is 2. The van der Waals surface area contributed by atoms with Gasteiger partial charge in [0.25, 0.3) is 0 Å². The first-order valence-electron chi connectivity index (χ1n) is 6.37. The summed E-state index contributed by atoms with van der Waals surface area (Å²) < 4.78 is 0. The van der Waals surface area contributed by atoms with Crippen LogP contribution < -0.4 is 5.32 Å². The van der Waals surface area contributed by atoms with E-state index in [1.807, 2.05) is 31.2 Å². The summed E-state index contributed by atoms with van der Waals surface area (Å²) in [6.07, 6.45) is -0.536.